The summed E-state index contributed by atoms with van der Waals surface area (Å²) < 4.78 is 18.6. The molecule has 1 aliphatic heterocycles. The molecule has 1 aromatic carbocycles. The van der Waals surface area contributed by atoms with Crippen molar-refractivity contribution in [1.82, 2.24) is 0 Å². The Morgan fingerprint density at radius 3 is 2.46 bits per heavy atom. The topological polar surface area (TPSA) is 43.4 Å². The third-order valence-electron chi connectivity index (χ3n) is 6.77. The number of ether oxygens (including phenoxy) is 1. The van der Waals surface area contributed by atoms with E-state index in [0.717, 1.165) is 29.6 Å². The summed E-state index contributed by atoms with van der Waals surface area (Å²) in [6, 6.07) is 9.62. The summed E-state index contributed by atoms with van der Waals surface area (Å²) in [5.74, 6) is 1.54. The SMILES string of the molecule is CC1=C(C)C[C@](C(=O)O[C@@H]2C[C@H](C)CC[C@@H]2C(C)C)(c2ccccc2)[S@@](=O)C1. The number of rotatable bonds is 4. The van der Waals surface area contributed by atoms with Crippen LogP contribution in [0.5, 0.6) is 0 Å². The summed E-state index contributed by atoms with van der Waals surface area (Å²) in [6.45, 7) is 10.7. The Balaban J connectivity index is 1.97. The van der Waals surface area contributed by atoms with Crippen LogP contribution in [0.3, 0.4) is 0 Å². The van der Waals surface area contributed by atoms with Crippen molar-refractivity contribution < 1.29 is 13.7 Å². The van der Waals surface area contributed by atoms with Gasteiger partial charge in [-0.15, -0.1) is 0 Å². The number of benzene rings is 1. The molecule has 2 aliphatic rings. The highest BCUT2D eigenvalue weighted by molar-refractivity contribution is 7.87. The van der Waals surface area contributed by atoms with Crippen molar-refractivity contribution in [1.29, 1.82) is 0 Å². The van der Waals surface area contributed by atoms with Crippen molar-refractivity contribution in [2.75, 3.05) is 5.75 Å². The Morgan fingerprint density at radius 2 is 1.82 bits per heavy atom. The third-order valence-corrected chi connectivity index (χ3v) is 8.79. The Kier molecular flexibility index (Phi) is 6.48. The molecule has 1 heterocycles. The van der Waals surface area contributed by atoms with Crippen LogP contribution in [0.4, 0.5) is 0 Å². The Hall–Kier alpha value is -1.42. The van der Waals surface area contributed by atoms with Crippen molar-refractivity contribution >= 4 is 16.8 Å². The molecule has 154 valence electrons. The smallest absolute Gasteiger partial charge is 0.330 e. The Morgan fingerprint density at radius 1 is 1.14 bits per heavy atom. The maximum atomic E-state index is 13.7. The van der Waals surface area contributed by atoms with Crippen LogP contribution >= 0.6 is 0 Å². The molecule has 0 aromatic heterocycles. The first kappa shape index (κ1) is 21.3. The van der Waals surface area contributed by atoms with Crippen molar-refractivity contribution in [3.05, 3.63) is 47.0 Å². The van der Waals surface area contributed by atoms with Gasteiger partial charge in [0.1, 0.15) is 6.10 Å². The molecular formula is C24H34O3S. The molecule has 0 spiro atoms. The average Bonchev–Trinajstić information content (AvgIpc) is 2.65. The molecule has 4 heteroatoms. The van der Waals surface area contributed by atoms with Crippen molar-refractivity contribution in [2.24, 2.45) is 17.8 Å². The fourth-order valence-electron chi connectivity index (χ4n) is 4.75. The number of hydrogen-bond donors (Lipinski definition) is 0. The van der Waals surface area contributed by atoms with Gasteiger partial charge in [0.15, 0.2) is 4.75 Å². The second-order valence-electron chi connectivity index (χ2n) is 9.19. The third kappa shape index (κ3) is 3.98. The Labute approximate surface area is 172 Å². The van der Waals surface area contributed by atoms with Gasteiger partial charge in [0, 0.05) is 23.0 Å². The molecule has 28 heavy (non-hydrogen) atoms. The zero-order valence-corrected chi connectivity index (χ0v) is 18.7. The summed E-state index contributed by atoms with van der Waals surface area (Å²) in [7, 11) is -1.34. The van der Waals surface area contributed by atoms with Crippen LogP contribution in [0, 0.1) is 17.8 Å². The van der Waals surface area contributed by atoms with Crippen LogP contribution in [0.1, 0.15) is 65.9 Å². The first-order valence-electron chi connectivity index (χ1n) is 10.6. The molecule has 0 N–H and O–H groups in total. The summed E-state index contributed by atoms with van der Waals surface area (Å²) >= 11 is 0. The van der Waals surface area contributed by atoms with E-state index in [2.05, 4.69) is 27.7 Å². The van der Waals surface area contributed by atoms with Crippen LogP contribution in [-0.2, 0) is 25.1 Å². The van der Waals surface area contributed by atoms with E-state index in [1.54, 1.807) is 0 Å². The fraction of sp³-hybridized carbons (Fsp3) is 0.625. The van der Waals surface area contributed by atoms with Crippen molar-refractivity contribution in [3.63, 3.8) is 0 Å². The zero-order valence-electron chi connectivity index (χ0n) is 17.9. The maximum absolute atomic E-state index is 13.7. The van der Waals surface area contributed by atoms with Crippen LogP contribution in [-0.4, -0.2) is 22.0 Å². The van der Waals surface area contributed by atoms with Gasteiger partial charge < -0.3 is 4.74 Å². The van der Waals surface area contributed by atoms with Crippen LogP contribution < -0.4 is 0 Å². The molecule has 0 saturated heterocycles. The minimum absolute atomic E-state index is 0.0823. The summed E-state index contributed by atoms with van der Waals surface area (Å²) in [4.78, 5) is 13.7. The molecule has 0 radical (unpaired) electrons. The molecule has 1 saturated carbocycles. The maximum Gasteiger partial charge on any atom is 0.330 e. The van der Waals surface area contributed by atoms with Gasteiger partial charge >= 0.3 is 5.97 Å². The van der Waals surface area contributed by atoms with E-state index in [9.17, 15) is 9.00 Å². The number of esters is 1. The summed E-state index contributed by atoms with van der Waals surface area (Å²) in [6.07, 6.45) is 3.58. The lowest BCUT2D eigenvalue weighted by molar-refractivity contribution is -0.159. The standard InChI is InChI=1S/C24H34O3S/c1-16(2)21-12-11-17(3)13-22(21)27-23(25)24(20-9-7-6-8-10-20)14-18(4)19(5)15-28(24)26/h6-10,16-17,21-22H,11-15H2,1-5H3/t17-,21-,22-,24-,28+/m1/s1. The highest BCUT2D eigenvalue weighted by Gasteiger charge is 2.51. The number of allylic oxidation sites excluding steroid dienone is 1. The van der Waals surface area contributed by atoms with Crippen LogP contribution in [0.25, 0.3) is 0 Å². The van der Waals surface area contributed by atoms with E-state index >= 15 is 0 Å². The quantitative estimate of drug-likeness (QED) is 0.502. The Bertz CT molecular complexity index is 767. The summed E-state index contributed by atoms with van der Waals surface area (Å²) in [5, 5.41) is 0. The molecule has 0 unspecified atom stereocenters. The van der Waals surface area contributed by atoms with E-state index in [1.807, 2.05) is 37.3 Å². The van der Waals surface area contributed by atoms with E-state index in [-0.39, 0.29) is 12.1 Å². The zero-order chi connectivity index (χ0) is 20.5. The summed E-state index contributed by atoms with van der Waals surface area (Å²) in [5.41, 5.74) is 3.09. The second kappa shape index (κ2) is 8.52. The van der Waals surface area contributed by atoms with Crippen LogP contribution in [0.2, 0.25) is 0 Å². The highest BCUT2D eigenvalue weighted by Crippen LogP contribution is 2.43. The van der Waals surface area contributed by atoms with Gasteiger partial charge in [0.2, 0.25) is 0 Å². The van der Waals surface area contributed by atoms with E-state index < -0.39 is 15.5 Å². The predicted octanol–water partition coefficient (Wildman–Crippen LogP) is 5.37. The number of carbonyl (C=O) groups excluding carboxylic acids is 1. The number of hydrogen-bond acceptors (Lipinski definition) is 3. The molecule has 3 rings (SSSR count). The lowest BCUT2D eigenvalue weighted by Gasteiger charge is -2.41. The van der Waals surface area contributed by atoms with Crippen LogP contribution in [0.15, 0.2) is 41.5 Å². The lowest BCUT2D eigenvalue weighted by atomic mass is 9.75. The fourth-order valence-corrected chi connectivity index (χ4v) is 6.65. The largest absolute Gasteiger partial charge is 0.461 e. The first-order chi connectivity index (χ1) is 13.3. The molecule has 1 aliphatic carbocycles. The van der Waals surface area contributed by atoms with E-state index in [1.165, 1.54) is 6.42 Å². The molecule has 1 fully saturated rings. The number of carbonyl (C=O) groups is 1. The highest BCUT2D eigenvalue weighted by atomic mass is 32.2. The van der Waals surface area contributed by atoms with Gasteiger partial charge in [-0.1, -0.05) is 68.7 Å². The van der Waals surface area contributed by atoms with Gasteiger partial charge in [-0.3, -0.25) is 9.00 Å². The molecule has 1 aromatic rings. The normalized spacial score (nSPS) is 33.8. The molecule has 3 nitrogen and oxygen atoms in total. The second-order valence-corrected chi connectivity index (χ2v) is 10.9. The lowest BCUT2D eigenvalue weighted by Crippen LogP contribution is -2.48. The van der Waals surface area contributed by atoms with Gasteiger partial charge in [-0.2, -0.15) is 0 Å². The molecule has 0 amide bonds. The first-order valence-corrected chi connectivity index (χ1v) is 11.9. The monoisotopic (exact) mass is 402 g/mol. The van der Waals surface area contributed by atoms with E-state index in [0.29, 0.717) is 29.9 Å². The van der Waals surface area contributed by atoms with Gasteiger partial charge in [-0.05, 0) is 50.0 Å². The van der Waals surface area contributed by atoms with Gasteiger partial charge in [0.25, 0.3) is 0 Å². The van der Waals surface area contributed by atoms with Gasteiger partial charge in [-0.25, -0.2) is 0 Å². The average molecular weight is 403 g/mol. The molecule has 0 bridgehead atoms. The minimum atomic E-state index is -1.34. The van der Waals surface area contributed by atoms with Crippen molar-refractivity contribution in [2.45, 2.75) is 71.2 Å². The molecular weight excluding hydrogens is 368 g/mol. The molecule has 5 atom stereocenters. The van der Waals surface area contributed by atoms with Crippen molar-refractivity contribution in [3.8, 4) is 0 Å². The van der Waals surface area contributed by atoms with E-state index in [4.69, 9.17) is 4.74 Å². The minimum Gasteiger partial charge on any atom is -0.461 e. The van der Waals surface area contributed by atoms with Gasteiger partial charge in [0.05, 0.1) is 0 Å². The predicted molar refractivity (Wildman–Crippen MR) is 115 cm³/mol.